The van der Waals surface area contributed by atoms with Crippen molar-refractivity contribution in [3.63, 3.8) is 0 Å². The zero-order chi connectivity index (χ0) is 12.5. The van der Waals surface area contributed by atoms with Gasteiger partial charge in [-0.25, -0.2) is 4.98 Å². The van der Waals surface area contributed by atoms with Crippen LogP contribution in [-0.2, 0) is 11.2 Å². The van der Waals surface area contributed by atoms with Crippen molar-refractivity contribution >= 4 is 16.8 Å². The van der Waals surface area contributed by atoms with Crippen LogP contribution in [-0.4, -0.2) is 21.9 Å². The Hall–Kier alpha value is -1.98. The number of aromatic nitrogens is 2. The van der Waals surface area contributed by atoms with Crippen molar-refractivity contribution in [2.24, 2.45) is 0 Å². The maximum atomic E-state index is 12.1. The summed E-state index contributed by atoms with van der Waals surface area (Å²) in [7, 11) is 0. The van der Waals surface area contributed by atoms with Crippen LogP contribution in [0.25, 0.3) is 11.0 Å². The summed E-state index contributed by atoms with van der Waals surface area (Å²) in [6.07, 6.45) is -4.42. The van der Waals surface area contributed by atoms with Gasteiger partial charge in [0.25, 0.3) is 0 Å². The van der Waals surface area contributed by atoms with Crippen LogP contribution in [0, 0.1) is 0 Å². The summed E-state index contributed by atoms with van der Waals surface area (Å²) in [6.45, 7) is 0. The van der Waals surface area contributed by atoms with Crippen molar-refractivity contribution in [1.82, 2.24) is 9.97 Å². The highest BCUT2D eigenvalue weighted by molar-refractivity contribution is 5.86. The van der Waals surface area contributed by atoms with Crippen molar-refractivity contribution in [2.45, 2.75) is 12.6 Å². The molecule has 2 rings (SSSR count). The SMILES string of the molecule is O=C(Cc1cnc2ccccc2n1)C(F)(F)F. The van der Waals surface area contributed by atoms with Crippen LogP contribution < -0.4 is 0 Å². The number of ketones is 1. The lowest BCUT2D eigenvalue weighted by molar-refractivity contribution is -0.170. The van der Waals surface area contributed by atoms with E-state index < -0.39 is 18.4 Å². The second kappa shape index (κ2) is 4.12. The molecule has 6 heteroatoms. The summed E-state index contributed by atoms with van der Waals surface area (Å²) < 4.78 is 36.2. The molecule has 0 saturated heterocycles. The number of hydrogen-bond donors (Lipinski definition) is 0. The van der Waals surface area contributed by atoms with Crippen LogP contribution in [0.5, 0.6) is 0 Å². The molecular weight excluding hydrogens is 233 g/mol. The van der Waals surface area contributed by atoms with Crippen molar-refractivity contribution < 1.29 is 18.0 Å². The molecule has 0 bridgehead atoms. The van der Waals surface area contributed by atoms with E-state index in [1.165, 1.54) is 6.20 Å². The summed E-state index contributed by atoms with van der Waals surface area (Å²) in [6, 6.07) is 6.77. The van der Waals surface area contributed by atoms with E-state index in [0.29, 0.717) is 11.0 Å². The lowest BCUT2D eigenvalue weighted by atomic mass is 10.2. The number of halogens is 3. The summed E-state index contributed by atoms with van der Waals surface area (Å²) in [4.78, 5) is 18.7. The first-order chi connectivity index (χ1) is 7.97. The van der Waals surface area contributed by atoms with Crippen molar-refractivity contribution in [1.29, 1.82) is 0 Å². The lowest BCUT2D eigenvalue weighted by Crippen LogP contribution is -2.25. The number of rotatable bonds is 2. The molecule has 0 aliphatic heterocycles. The molecule has 0 spiro atoms. The van der Waals surface area contributed by atoms with Gasteiger partial charge in [0.1, 0.15) is 0 Å². The quantitative estimate of drug-likeness (QED) is 0.808. The van der Waals surface area contributed by atoms with E-state index in [1.54, 1.807) is 24.3 Å². The van der Waals surface area contributed by atoms with Gasteiger partial charge < -0.3 is 0 Å². The molecule has 17 heavy (non-hydrogen) atoms. The molecule has 1 heterocycles. The molecule has 0 amide bonds. The molecule has 0 radical (unpaired) electrons. The Morgan fingerprint density at radius 1 is 1.18 bits per heavy atom. The summed E-state index contributed by atoms with van der Waals surface area (Å²) >= 11 is 0. The molecule has 88 valence electrons. The van der Waals surface area contributed by atoms with Gasteiger partial charge in [0.2, 0.25) is 5.78 Å². The summed E-state index contributed by atoms with van der Waals surface area (Å²) in [5.74, 6) is -1.82. The maximum absolute atomic E-state index is 12.1. The highest BCUT2D eigenvalue weighted by Crippen LogP contribution is 2.18. The lowest BCUT2D eigenvalue weighted by Gasteiger charge is -2.04. The number of fused-ring (bicyclic) bond motifs is 1. The van der Waals surface area contributed by atoms with Crippen LogP contribution in [0.4, 0.5) is 13.2 Å². The van der Waals surface area contributed by atoms with Gasteiger partial charge in [-0.3, -0.25) is 9.78 Å². The monoisotopic (exact) mass is 240 g/mol. The zero-order valence-electron chi connectivity index (χ0n) is 8.53. The third-order valence-corrected chi connectivity index (χ3v) is 2.16. The zero-order valence-corrected chi connectivity index (χ0v) is 8.53. The fourth-order valence-electron chi connectivity index (χ4n) is 1.35. The molecule has 2 aromatic rings. The molecule has 0 aliphatic carbocycles. The van der Waals surface area contributed by atoms with Gasteiger partial charge in [-0.15, -0.1) is 0 Å². The molecule has 0 unspecified atom stereocenters. The van der Waals surface area contributed by atoms with Crippen LogP contribution in [0.2, 0.25) is 0 Å². The molecule has 0 fully saturated rings. The number of Topliss-reactive ketones (excluding diaryl/α,β-unsaturated/α-hetero) is 1. The number of hydrogen-bond acceptors (Lipinski definition) is 3. The molecule has 0 N–H and O–H groups in total. The number of carbonyl (C=O) groups is 1. The number of para-hydroxylation sites is 2. The molecule has 1 aromatic heterocycles. The van der Waals surface area contributed by atoms with E-state index in [9.17, 15) is 18.0 Å². The van der Waals surface area contributed by atoms with Gasteiger partial charge in [0.05, 0.1) is 23.1 Å². The van der Waals surface area contributed by atoms with Crippen molar-refractivity contribution in [3.05, 3.63) is 36.2 Å². The molecule has 1 aromatic carbocycles. The van der Waals surface area contributed by atoms with Gasteiger partial charge in [-0.05, 0) is 12.1 Å². The third-order valence-electron chi connectivity index (χ3n) is 2.16. The Morgan fingerprint density at radius 2 is 1.82 bits per heavy atom. The summed E-state index contributed by atoms with van der Waals surface area (Å²) in [5, 5.41) is 0. The highest BCUT2D eigenvalue weighted by Gasteiger charge is 2.38. The Bertz CT molecular complexity index is 566. The Balaban J connectivity index is 2.29. The van der Waals surface area contributed by atoms with E-state index >= 15 is 0 Å². The molecule has 0 atom stereocenters. The van der Waals surface area contributed by atoms with Gasteiger partial charge >= 0.3 is 6.18 Å². The van der Waals surface area contributed by atoms with E-state index in [0.717, 1.165) is 0 Å². The van der Waals surface area contributed by atoms with Gasteiger partial charge in [-0.2, -0.15) is 13.2 Å². The molecule has 0 aliphatic rings. The number of nitrogens with zero attached hydrogens (tertiary/aromatic N) is 2. The normalized spacial score (nSPS) is 11.7. The van der Waals surface area contributed by atoms with Crippen LogP contribution in [0.1, 0.15) is 5.69 Å². The number of alkyl halides is 3. The largest absolute Gasteiger partial charge is 0.450 e. The highest BCUT2D eigenvalue weighted by atomic mass is 19.4. The minimum Gasteiger partial charge on any atom is -0.289 e. The average molecular weight is 240 g/mol. The summed E-state index contributed by atoms with van der Waals surface area (Å²) in [5.41, 5.74) is 1.07. The van der Waals surface area contributed by atoms with Crippen molar-refractivity contribution in [3.8, 4) is 0 Å². The minimum absolute atomic E-state index is 0.0195. The predicted octanol–water partition coefficient (Wildman–Crippen LogP) is 2.30. The number of carbonyl (C=O) groups excluding carboxylic acids is 1. The fourth-order valence-corrected chi connectivity index (χ4v) is 1.35. The van der Waals surface area contributed by atoms with E-state index in [-0.39, 0.29) is 5.69 Å². The first-order valence-corrected chi connectivity index (χ1v) is 4.77. The van der Waals surface area contributed by atoms with Gasteiger partial charge in [0, 0.05) is 6.20 Å². The minimum atomic E-state index is -4.83. The Labute approximate surface area is 94.3 Å². The maximum Gasteiger partial charge on any atom is 0.450 e. The molecule has 0 saturated carbocycles. The van der Waals surface area contributed by atoms with E-state index in [1.807, 2.05) is 0 Å². The standard InChI is InChI=1S/C11H7F3N2O/c12-11(13,14)10(17)5-7-6-15-8-3-1-2-4-9(8)16-7/h1-4,6H,5H2. The van der Waals surface area contributed by atoms with Crippen LogP contribution >= 0.6 is 0 Å². The molecule has 3 nitrogen and oxygen atoms in total. The second-order valence-electron chi connectivity index (χ2n) is 3.45. The van der Waals surface area contributed by atoms with Crippen LogP contribution in [0.15, 0.2) is 30.5 Å². The van der Waals surface area contributed by atoms with Gasteiger partial charge in [-0.1, -0.05) is 12.1 Å². The second-order valence-corrected chi connectivity index (χ2v) is 3.45. The molecular formula is C11H7F3N2O. The fraction of sp³-hybridized carbons (Fsp3) is 0.182. The van der Waals surface area contributed by atoms with Crippen molar-refractivity contribution in [2.75, 3.05) is 0 Å². The number of benzene rings is 1. The smallest absolute Gasteiger partial charge is 0.289 e. The topological polar surface area (TPSA) is 42.9 Å². The Morgan fingerprint density at radius 3 is 2.47 bits per heavy atom. The first kappa shape index (κ1) is 11.5. The van der Waals surface area contributed by atoms with Crippen LogP contribution in [0.3, 0.4) is 0 Å². The van der Waals surface area contributed by atoms with E-state index in [4.69, 9.17) is 0 Å². The average Bonchev–Trinajstić information content (AvgIpc) is 2.27. The van der Waals surface area contributed by atoms with Gasteiger partial charge in [0.15, 0.2) is 0 Å². The first-order valence-electron chi connectivity index (χ1n) is 4.77. The van der Waals surface area contributed by atoms with E-state index in [2.05, 4.69) is 9.97 Å². The Kier molecular flexibility index (Phi) is 2.79. The third kappa shape index (κ3) is 2.58. The predicted molar refractivity (Wildman–Crippen MR) is 54.3 cm³/mol.